The molecule has 1 aliphatic rings. The molecule has 0 radical (unpaired) electrons. The number of benzene rings is 1. The molecule has 1 aromatic heterocycles. The fourth-order valence-corrected chi connectivity index (χ4v) is 3.01. The average Bonchev–Trinajstić information content (AvgIpc) is 3.07. The van der Waals surface area contributed by atoms with Gasteiger partial charge in [-0.2, -0.15) is 0 Å². The third-order valence-corrected chi connectivity index (χ3v) is 4.42. The molecule has 6 nitrogen and oxygen atoms in total. The summed E-state index contributed by atoms with van der Waals surface area (Å²) in [7, 11) is 1.59. The highest BCUT2D eigenvalue weighted by atomic mass is 35.5. The van der Waals surface area contributed by atoms with Crippen molar-refractivity contribution in [1.29, 1.82) is 0 Å². The van der Waals surface area contributed by atoms with Crippen molar-refractivity contribution in [2.24, 2.45) is 11.7 Å². The smallest absolute Gasteiger partial charge is 0.227 e. The van der Waals surface area contributed by atoms with Gasteiger partial charge in [0, 0.05) is 36.1 Å². The van der Waals surface area contributed by atoms with E-state index in [0.29, 0.717) is 23.8 Å². The van der Waals surface area contributed by atoms with Gasteiger partial charge in [0.15, 0.2) is 11.5 Å². The zero-order chi connectivity index (χ0) is 17.6. The van der Waals surface area contributed by atoms with Crippen LogP contribution in [0, 0.1) is 5.92 Å². The van der Waals surface area contributed by atoms with Crippen LogP contribution >= 0.6 is 24.8 Å². The number of pyridine rings is 1. The maximum Gasteiger partial charge on any atom is 0.227 e. The quantitative estimate of drug-likeness (QED) is 0.755. The minimum absolute atomic E-state index is 0. The Morgan fingerprint density at radius 2 is 1.93 bits per heavy atom. The van der Waals surface area contributed by atoms with Crippen LogP contribution in [0.25, 0.3) is 0 Å². The maximum atomic E-state index is 12.4. The van der Waals surface area contributed by atoms with E-state index in [0.717, 1.165) is 24.8 Å². The molecule has 0 spiro atoms. The van der Waals surface area contributed by atoms with Crippen LogP contribution in [0.3, 0.4) is 0 Å². The van der Waals surface area contributed by atoms with Gasteiger partial charge in [0.25, 0.3) is 0 Å². The van der Waals surface area contributed by atoms with Crippen molar-refractivity contribution in [2.45, 2.75) is 31.9 Å². The number of nitrogens with two attached hydrogens (primary N) is 1. The van der Waals surface area contributed by atoms with Crippen molar-refractivity contribution in [3.8, 4) is 11.5 Å². The summed E-state index contributed by atoms with van der Waals surface area (Å²) in [5, 5.41) is 2.95. The summed E-state index contributed by atoms with van der Waals surface area (Å²) in [6.07, 6.45) is 5.93. The highest BCUT2D eigenvalue weighted by molar-refractivity contribution is 5.93. The fourth-order valence-electron chi connectivity index (χ4n) is 3.01. The SMILES string of the molecule is COc1ccc(NC(=O)C2CCC(N)C2)cc1OCc1ccncc1.Cl.Cl. The third-order valence-electron chi connectivity index (χ3n) is 4.42. The van der Waals surface area contributed by atoms with E-state index in [2.05, 4.69) is 10.3 Å². The Hall–Kier alpha value is -2.02. The van der Waals surface area contributed by atoms with E-state index in [1.54, 1.807) is 31.6 Å². The Balaban J connectivity index is 0.00000182. The van der Waals surface area contributed by atoms with Crippen molar-refractivity contribution in [1.82, 2.24) is 4.98 Å². The first-order valence-electron chi connectivity index (χ1n) is 8.42. The van der Waals surface area contributed by atoms with E-state index in [4.69, 9.17) is 15.2 Å². The van der Waals surface area contributed by atoms with E-state index in [1.807, 2.05) is 18.2 Å². The molecule has 1 aromatic carbocycles. The number of hydrogen-bond donors (Lipinski definition) is 2. The maximum absolute atomic E-state index is 12.4. The van der Waals surface area contributed by atoms with Gasteiger partial charge in [-0.05, 0) is 49.1 Å². The van der Waals surface area contributed by atoms with Gasteiger partial charge in [-0.25, -0.2) is 0 Å². The molecule has 1 fully saturated rings. The lowest BCUT2D eigenvalue weighted by Gasteiger charge is -2.14. The molecule has 27 heavy (non-hydrogen) atoms. The minimum atomic E-state index is -0.0155. The van der Waals surface area contributed by atoms with Crippen LogP contribution in [0.5, 0.6) is 11.5 Å². The number of carbonyl (C=O) groups excluding carboxylic acids is 1. The number of nitrogens with one attached hydrogen (secondary N) is 1. The molecule has 2 atom stereocenters. The first kappa shape index (κ1) is 23.0. The lowest BCUT2D eigenvalue weighted by atomic mass is 10.1. The van der Waals surface area contributed by atoms with Crippen LogP contribution in [-0.2, 0) is 11.4 Å². The zero-order valence-corrected chi connectivity index (χ0v) is 16.7. The number of amides is 1. The molecular formula is C19H25Cl2N3O3. The molecule has 0 bridgehead atoms. The van der Waals surface area contributed by atoms with Crippen molar-refractivity contribution in [3.63, 3.8) is 0 Å². The Morgan fingerprint density at radius 3 is 2.56 bits per heavy atom. The Kier molecular flexibility index (Phi) is 9.35. The van der Waals surface area contributed by atoms with E-state index in [9.17, 15) is 4.79 Å². The number of aromatic nitrogens is 1. The molecule has 1 heterocycles. The standard InChI is InChI=1S/C19H23N3O3.2ClH/c1-24-17-5-4-16(22-19(23)14-2-3-15(20)10-14)11-18(17)25-12-13-6-8-21-9-7-13;;/h4-9,11,14-15H,2-3,10,12,20H2,1H3,(H,22,23);2*1H. The highest BCUT2D eigenvalue weighted by Crippen LogP contribution is 2.32. The van der Waals surface area contributed by atoms with E-state index < -0.39 is 0 Å². The molecule has 3 rings (SSSR count). The highest BCUT2D eigenvalue weighted by Gasteiger charge is 2.27. The molecular weight excluding hydrogens is 389 g/mol. The summed E-state index contributed by atoms with van der Waals surface area (Å²) in [6, 6.07) is 9.30. The molecule has 1 amide bonds. The first-order valence-corrected chi connectivity index (χ1v) is 8.42. The second-order valence-corrected chi connectivity index (χ2v) is 6.27. The number of hydrogen-bond acceptors (Lipinski definition) is 5. The largest absolute Gasteiger partial charge is 0.493 e. The number of nitrogens with zero attached hydrogens (tertiary/aromatic N) is 1. The van der Waals surface area contributed by atoms with Gasteiger partial charge < -0.3 is 20.5 Å². The van der Waals surface area contributed by atoms with E-state index >= 15 is 0 Å². The lowest BCUT2D eigenvalue weighted by Crippen LogP contribution is -2.23. The summed E-state index contributed by atoms with van der Waals surface area (Å²) in [5.41, 5.74) is 7.59. The van der Waals surface area contributed by atoms with Gasteiger partial charge in [0.05, 0.1) is 7.11 Å². The predicted molar refractivity (Wildman–Crippen MR) is 110 cm³/mol. The van der Waals surface area contributed by atoms with Crippen LogP contribution < -0.4 is 20.5 Å². The van der Waals surface area contributed by atoms with Crippen LogP contribution in [0.4, 0.5) is 5.69 Å². The van der Waals surface area contributed by atoms with Crippen LogP contribution in [-0.4, -0.2) is 24.0 Å². The molecule has 8 heteroatoms. The van der Waals surface area contributed by atoms with Gasteiger partial charge >= 0.3 is 0 Å². The van der Waals surface area contributed by atoms with Gasteiger partial charge in [0.2, 0.25) is 5.91 Å². The van der Waals surface area contributed by atoms with Gasteiger partial charge in [-0.3, -0.25) is 9.78 Å². The number of halogens is 2. The van der Waals surface area contributed by atoms with Crippen molar-refractivity contribution >= 4 is 36.4 Å². The number of carbonyl (C=O) groups is 1. The topological polar surface area (TPSA) is 86.5 Å². The monoisotopic (exact) mass is 413 g/mol. The number of rotatable bonds is 6. The second kappa shape index (κ2) is 11.0. The molecule has 1 aliphatic carbocycles. The second-order valence-electron chi connectivity index (χ2n) is 6.27. The minimum Gasteiger partial charge on any atom is -0.493 e. The van der Waals surface area contributed by atoms with Gasteiger partial charge in [-0.1, -0.05) is 0 Å². The molecule has 148 valence electrons. The lowest BCUT2D eigenvalue weighted by molar-refractivity contribution is -0.119. The molecule has 3 N–H and O–H groups in total. The number of ether oxygens (including phenoxy) is 2. The predicted octanol–water partition coefficient (Wildman–Crippen LogP) is 3.58. The van der Waals surface area contributed by atoms with Crippen LogP contribution in [0.2, 0.25) is 0 Å². The zero-order valence-electron chi connectivity index (χ0n) is 15.1. The third kappa shape index (κ3) is 6.27. The van der Waals surface area contributed by atoms with Gasteiger partial charge in [-0.15, -0.1) is 24.8 Å². The summed E-state index contributed by atoms with van der Waals surface area (Å²) in [4.78, 5) is 16.3. The number of methoxy groups -OCH3 is 1. The van der Waals surface area contributed by atoms with Crippen molar-refractivity contribution in [2.75, 3.05) is 12.4 Å². The number of anilines is 1. The Labute approximate surface area is 171 Å². The average molecular weight is 414 g/mol. The van der Waals surface area contributed by atoms with E-state index in [-0.39, 0.29) is 42.7 Å². The summed E-state index contributed by atoms with van der Waals surface area (Å²) in [5.74, 6) is 1.20. The van der Waals surface area contributed by atoms with Gasteiger partial charge in [0.1, 0.15) is 6.61 Å². The van der Waals surface area contributed by atoms with Crippen LogP contribution in [0.15, 0.2) is 42.7 Å². The molecule has 0 saturated heterocycles. The molecule has 2 unspecified atom stereocenters. The summed E-state index contributed by atoms with van der Waals surface area (Å²) < 4.78 is 11.2. The molecule has 1 saturated carbocycles. The first-order chi connectivity index (χ1) is 12.2. The summed E-state index contributed by atoms with van der Waals surface area (Å²) >= 11 is 0. The molecule has 2 aromatic rings. The Bertz CT molecular complexity index is 731. The Morgan fingerprint density at radius 1 is 1.19 bits per heavy atom. The fraction of sp³-hybridized carbons (Fsp3) is 0.368. The molecule has 0 aliphatic heterocycles. The normalized spacial score (nSPS) is 18.0. The van der Waals surface area contributed by atoms with Crippen molar-refractivity contribution < 1.29 is 14.3 Å². The van der Waals surface area contributed by atoms with Crippen LogP contribution in [0.1, 0.15) is 24.8 Å². The summed E-state index contributed by atoms with van der Waals surface area (Å²) in [6.45, 7) is 0.397. The van der Waals surface area contributed by atoms with Crippen molar-refractivity contribution in [3.05, 3.63) is 48.3 Å². The van der Waals surface area contributed by atoms with E-state index in [1.165, 1.54) is 0 Å².